The average Bonchev–Trinajstić information content (AvgIpc) is 2.50. The third-order valence-corrected chi connectivity index (χ3v) is 4.68. The minimum Gasteiger partial charge on any atom is -0.481 e. The Balaban J connectivity index is 0.00000151. The first-order valence-corrected chi connectivity index (χ1v) is 9.11. The molecule has 0 aromatic heterocycles. The summed E-state index contributed by atoms with van der Waals surface area (Å²) in [6, 6.07) is 8.81. The van der Waals surface area contributed by atoms with E-state index in [9.17, 15) is 4.79 Å². The van der Waals surface area contributed by atoms with Crippen LogP contribution in [0.5, 0.6) is 0 Å². The van der Waals surface area contributed by atoms with Crippen LogP contribution in [0.1, 0.15) is 66.5 Å². The largest absolute Gasteiger partial charge is 0.481 e. The van der Waals surface area contributed by atoms with Crippen LogP contribution in [-0.4, -0.2) is 11.1 Å². The summed E-state index contributed by atoms with van der Waals surface area (Å²) in [4.78, 5) is 11.1. The quantitative estimate of drug-likeness (QED) is 0.689. The van der Waals surface area contributed by atoms with Crippen molar-refractivity contribution >= 4 is 5.97 Å². The molecule has 136 valence electrons. The van der Waals surface area contributed by atoms with Crippen molar-refractivity contribution < 1.29 is 9.90 Å². The van der Waals surface area contributed by atoms with Gasteiger partial charge in [-0.3, -0.25) is 4.79 Å². The van der Waals surface area contributed by atoms with Gasteiger partial charge in [-0.15, -0.1) is 0 Å². The van der Waals surface area contributed by atoms with Gasteiger partial charge in [-0.25, -0.2) is 0 Å². The van der Waals surface area contributed by atoms with Crippen molar-refractivity contribution in [1.82, 2.24) is 0 Å². The number of carboxylic acid groups (broad SMARTS) is 1. The lowest BCUT2D eigenvalue weighted by Gasteiger charge is -2.19. The molecular formula is C23H32O2. The lowest BCUT2D eigenvalue weighted by Crippen LogP contribution is -2.06. The Kier molecular flexibility index (Phi) is 7.41. The predicted octanol–water partition coefficient (Wildman–Crippen LogP) is 6.50. The number of hydrogen-bond donors (Lipinski definition) is 1. The molecule has 2 rings (SSSR count). The minimum absolute atomic E-state index is 0.0113. The van der Waals surface area contributed by atoms with Crippen molar-refractivity contribution in [3.05, 3.63) is 57.6 Å². The predicted molar refractivity (Wildman–Crippen MR) is 108 cm³/mol. The van der Waals surface area contributed by atoms with E-state index in [0.29, 0.717) is 0 Å². The number of hydrogen-bond acceptors (Lipinski definition) is 1. The third-order valence-electron chi connectivity index (χ3n) is 4.68. The fourth-order valence-corrected chi connectivity index (χ4v) is 3.55. The molecule has 0 amide bonds. The van der Waals surface area contributed by atoms with Crippen LogP contribution in [0.3, 0.4) is 0 Å². The van der Waals surface area contributed by atoms with Gasteiger partial charge >= 0.3 is 5.97 Å². The summed E-state index contributed by atoms with van der Waals surface area (Å²) in [5, 5.41) is 9.11. The summed E-state index contributed by atoms with van der Waals surface area (Å²) in [6.07, 6.45) is 0.162. The van der Waals surface area contributed by atoms with Crippen molar-refractivity contribution in [2.75, 3.05) is 0 Å². The second-order valence-corrected chi connectivity index (χ2v) is 6.78. The number of benzene rings is 2. The minimum atomic E-state index is -0.748. The number of aliphatic carboxylic acids is 1. The molecule has 0 spiro atoms. The summed E-state index contributed by atoms with van der Waals surface area (Å²) in [5.74, 6) is -0.736. The average molecular weight is 341 g/mol. The molecule has 2 aromatic rings. The third kappa shape index (κ3) is 4.94. The van der Waals surface area contributed by atoms with Crippen LogP contribution in [0.25, 0.3) is 11.1 Å². The molecule has 0 aliphatic carbocycles. The van der Waals surface area contributed by atoms with E-state index in [1.54, 1.807) is 0 Å². The maximum absolute atomic E-state index is 11.1. The second kappa shape index (κ2) is 8.84. The highest BCUT2D eigenvalue weighted by Crippen LogP contribution is 2.34. The van der Waals surface area contributed by atoms with E-state index < -0.39 is 5.97 Å². The molecule has 0 bridgehead atoms. The Morgan fingerprint density at radius 1 is 0.920 bits per heavy atom. The zero-order valence-electron chi connectivity index (χ0n) is 16.9. The fraction of sp³-hybridized carbons (Fsp3) is 0.435. The van der Waals surface area contributed by atoms with Crippen molar-refractivity contribution in [3.8, 4) is 11.1 Å². The summed E-state index contributed by atoms with van der Waals surface area (Å²) in [7, 11) is 0. The first kappa shape index (κ1) is 21.0. The van der Waals surface area contributed by atoms with E-state index >= 15 is 0 Å². The lowest BCUT2D eigenvalue weighted by molar-refractivity contribution is -0.137. The molecule has 0 aliphatic heterocycles. The van der Waals surface area contributed by atoms with Crippen LogP contribution in [0.2, 0.25) is 0 Å². The van der Waals surface area contributed by atoms with E-state index in [1.807, 2.05) is 20.8 Å². The number of carboxylic acids is 1. The molecule has 2 heteroatoms. The van der Waals surface area contributed by atoms with Gasteiger partial charge in [0.1, 0.15) is 0 Å². The van der Waals surface area contributed by atoms with E-state index in [-0.39, 0.29) is 12.3 Å². The monoisotopic (exact) mass is 340 g/mol. The van der Waals surface area contributed by atoms with Gasteiger partial charge in [0.2, 0.25) is 0 Å². The summed E-state index contributed by atoms with van der Waals surface area (Å²) < 4.78 is 0. The Bertz CT molecular complexity index is 734. The second-order valence-electron chi connectivity index (χ2n) is 6.78. The molecule has 0 saturated carbocycles. The molecule has 0 fully saturated rings. The molecule has 2 nitrogen and oxygen atoms in total. The standard InChI is InChI=1S/C21H26O2.C2H6/c1-12-7-15(4)21(16(5)8-12)18-9-13(2)17(6)19(11-18)14(3)10-20(22)23;1-2/h7-9,11,14H,10H2,1-6H3,(H,22,23);1-2H3. The molecule has 0 saturated heterocycles. The zero-order chi connectivity index (χ0) is 19.3. The van der Waals surface area contributed by atoms with E-state index in [4.69, 9.17) is 5.11 Å². The Morgan fingerprint density at radius 2 is 1.44 bits per heavy atom. The zero-order valence-corrected chi connectivity index (χ0v) is 16.9. The maximum atomic E-state index is 11.1. The van der Waals surface area contributed by atoms with Gasteiger partial charge in [0, 0.05) is 0 Å². The SMILES string of the molecule is CC.Cc1cc(C)c(-c2cc(C)c(C)c(C(C)CC(=O)O)c2)c(C)c1. The molecule has 0 heterocycles. The van der Waals surface area contributed by atoms with Gasteiger partial charge in [0.25, 0.3) is 0 Å². The van der Waals surface area contributed by atoms with Gasteiger partial charge < -0.3 is 5.11 Å². The summed E-state index contributed by atoms with van der Waals surface area (Å²) in [6.45, 7) is 16.6. The first-order valence-electron chi connectivity index (χ1n) is 9.11. The lowest BCUT2D eigenvalue weighted by atomic mass is 9.85. The van der Waals surface area contributed by atoms with E-state index in [0.717, 1.165) is 5.56 Å². The molecule has 0 aliphatic rings. The van der Waals surface area contributed by atoms with Crippen LogP contribution in [-0.2, 0) is 4.79 Å². The number of rotatable bonds is 4. The van der Waals surface area contributed by atoms with Crippen LogP contribution in [0, 0.1) is 34.6 Å². The smallest absolute Gasteiger partial charge is 0.303 e. The van der Waals surface area contributed by atoms with Crippen molar-refractivity contribution in [1.29, 1.82) is 0 Å². The van der Waals surface area contributed by atoms with Gasteiger partial charge in [-0.1, -0.05) is 50.6 Å². The first-order chi connectivity index (χ1) is 11.7. The molecule has 1 atom stereocenters. The molecule has 0 radical (unpaired) electrons. The van der Waals surface area contributed by atoms with E-state index in [2.05, 4.69) is 58.9 Å². The Hall–Kier alpha value is -2.09. The molecule has 2 aromatic carbocycles. The van der Waals surface area contributed by atoms with Crippen LogP contribution in [0.15, 0.2) is 24.3 Å². The normalized spacial score (nSPS) is 11.5. The van der Waals surface area contributed by atoms with Gasteiger partial charge in [-0.05, 0) is 79.5 Å². The van der Waals surface area contributed by atoms with Crippen LogP contribution in [0.4, 0.5) is 0 Å². The molecule has 1 unspecified atom stereocenters. The van der Waals surface area contributed by atoms with Crippen molar-refractivity contribution in [2.45, 2.75) is 67.7 Å². The van der Waals surface area contributed by atoms with Gasteiger partial charge in [0.15, 0.2) is 0 Å². The van der Waals surface area contributed by atoms with Crippen molar-refractivity contribution in [2.24, 2.45) is 0 Å². The highest BCUT2D eigenvalue weighted by atomic mass is 16.4. The van der Waals surface area contributed by atoms with Crippen molar-refractivity contribution in [3.63, 3.8) is 0 Å². The van der Waals surface area contributed by atoms with Gasteiger partial charge in [-0.2, -0.15) is 0 Å². The summed E-state index contributed by atoms with van der Waals surface area (Å²) in [5.41, 5.74) is 9.82. The highest BCUT2D eigenvalue weighted by molar-refractivity contribution is 5.74. The molecular weight excluding hydrogens is 308 g/mol. The Labute approximate surface area is 152 Å². The molecule has 1 N–H and O–H groups in total. The number of aryl methyl sites for hydroxylation is 4. The highest BCUT2D eigenvalue weighted by Gasteiger charge is 2.16. The maximum Gasteiger partial charge on any atom is 0.303 e. The van der Waals surface area contributed by atoms with Crippen LogP contribution >= 0.6 is 0 Å². The molecule has 25 heavy (non-hydrogen) atoms. The Morgan fingerprint density at radius 3 is 1.92 bits per heavy atom. The number of carbonyl (C=O) groups is 1. The topological polar surface area (TPSA) is 37.3 Å². The van der Waals surface area contributed by atoms with Crippen LogP contribution < -0.4 is 0 Å². The van der Waals surface area contributed by atoms with E-state index in [1.165, 1.54) is 38.9 Å². The van der Waals surface area contributed by atoms with Gasteiger partial charge in [0.05, 0.1) is 6.42 Å². The fourth-order valence-electron chi connectivity index (χ4n) is 3.55. The summed E-state index contributed by atoms with van der Waals surface area (Å²) >= 11 is 0.